The van der Waals surface area contributed by atoms with Crippen LogP contribution in [0.2, 0.25) is 5.02 Å². The van der Waals surface area contributed by atoms with Crippen LogP contribution in [0.5, 0.6) is 0 Å². The number of nitrogens with one attached hydrogen (secondary N) is 2. The van der Waals surface area contributed by atoms with Gasteiger partial charge in [0, 0.05) is 21.6 Å². The lowest BCUT2D eigenvalue weighted by atomic mass is 10.2. The van der Waals surface area contributed by atoms with Crippen LogP contribution in [0, 0.1) is 6.92 Å². The van der Waals surface area contributed by atoms with E-state index in [-0.39, 0.29) is 5.91 Å². The van der Waals surface area contributed by atoms with Gasteiger partial charge in [-0.2, -0.15) is 0 Å². The second kappa shape index (κ2) is 7.17. The Morgan fingerprint density at radius 1 is 1.22 bits per heavy atom. The lowest BCUT2D eigenvalue weighted by Gasteiger charge is -2.11. The molecule has 1 atom stereocenters. The van der Waals surface area contributed by atoms with Gasteiger partial charge in [-0.3, -0.25) is 4.79 Å². The topological polar surface area (TPSA) is 83.6 Å². The van der Waals surface area contributed by atoms with E-state index in [1.54, 1.807) is 13.0 Å². The fraction of sp³-hybridized carbons (Fsp3) is 0.158. The fourth-order valence-electron chi connectivity index (χ4n) is 2.68. The molecular formula is C19H16ClN5OS. The first kappa shape index (κ1) is 17.8. The third kappa shape index (κ3) is 3.61. The Balaban J connectivity index is 1.51. The SMILES string of the molecule is Cc1ccc(NC(=O)C(C)Sc2nnc3c(n2)[nH]c2ccccc23)cc1Cl. The Morgan fingerprint density at radius 2 is 2.04 bits per heavy atom. The minimum absolute atomic E-state index is 0.153. The van der Waals surface area contributed by atoms with E-state index in [9.17, 15) is 4.79 Å². The van der Waals surface area contributed by atoms with Crippen molar-refractivity contribution in [1.82, 2.24) is 20.2 Å². The summed E-state index contributed by atoms with van der Waals surface area (Å²) in [6.45, 7) is 3.71. The van der Waals surface area contributed by atoms with Crippen molar-refractivity contribution >= 4 is 57.0 Å². The van der Waals surface area contributed by atoms with E-state index in [2.05, 4.69) is 25.5 Å². The molecule has 0 spiro atoms. The van der Waals surface area contributed by atoms with E-state index >= 15 is 0 Å². The zero-order chi connectivity index (χ0) is 19.0. The highest BCUT2D eigenvalue weighted by Gasteiger charge is 2.18. The molecule has 0 radical (unpaired) electrons. The highest BCUT2D eigenvalue weighted by Crippen LogP contribution is 2.26. The number of halogens is 1. The maximum absolute atomic E-state index is 12.5. The minimum Gasteiger partial charge on any atom is -0.338 e. The number of hydrogen-bond acceptors (Lipinski definition) is 5. The number of thioether (sulfide) groups is 1. The van der Waals surface area contributed by atoms with Gasteiger partial charge in [0.15, 0.2) is 5.65 Å². The molecule has 2 aromatic carbocycles. The fourth-order valence-corrected chi connectivity index (χ4v) is 3.58. The number of para-hydroxylation sites is 1. The van der Waals surface area contributed by atoms with Crippen molar-refractivity contribution < 1.29 is 4.79 Å². The molecule has 4 rings (SSSR count). The molecule has 2 heterocycles. The number of hydrogen-bond donors (Lipinski definition) is 2. The number of aromatic amines is 1. The molecule has 0 saturated heterocycles. The number of amides is 1. The average molecular weight is 398 g/mol. The first-order valence-electron chi connectivity index (χ1n) is 8.36. The van der Waals surface area contributed by atoms with Gasteiger partial charge in [-0.05, 0) is 37.6 Å². The molecule has 1 amide bonds. The van der Waals surface area contributed by atoms with Gasteiger partial charge in [0.05, 0.1) is 5.25 Å². The van der Waals surface area contributed by atoms with Gasteiger partial charge in [-0.15, -0.1) is 10.2 Å². The number of anilines is 1. The standard InChI is InChI=1S/C19H16ClN5OS/c1-10-7-8-12(9-14(10)20)21-18(26)11(2)27-19-23-17-16(24-25-19)13-5-3-4-6-15(13)22-17/h3-9,11H,1-2H3,(H,21,26)(H,22,23,25). The van der Waals surface area contributed by atoms with Gasteiger partial charge in [0.25, 0.3) is 0 Å². The summed E-state index contributed by atoms with van der Waals surface area (Å²) in [4.78, 5) is 20.2. The highest BCUT2D eigenvalue weighted by molar-refractivity contribution is 8.00. The maximum Gasteiger partial charge on any atom is 0.237 e. The zero-order valence-corrected chi connectivity index (χ0v) is 16.2. The van der Waals surface area contributed by atoms with E-state index < -0.39 is 5.25 Å². The molecular weight excluding hydrogens is 382 g/mol. The number of aryl methyl sites for hydroxylation is 1. The predicted octanol–water partition coefficient (Wildman–Crippen LogP) is 4.59. The van der Waals surface area contributed by atoms with Crippen LogP contribution < -0.4 is 5.32 Å². The number of rotatable bonds is 4. The number of fused-ring (bicyclic) bond motifs is 3. The third-order valence-corrected chi connectivity index (χ3v) is 5.55. The van der Waals surface area contributed by atoms with Gasteiger partial charge in [-0.1, -0.05) is 47.6 Å². The maximum atomic E-state index is 12.5. The largest absolute Gasteiger partial charge is 0.338 e. The molecule has 1 unspecified atom stereocenters. The molecule has 0 fully saturated rings. The number of benzene rings is 2. The Hall–Kier alpha value is -2.64. The number of nitrogens with zero attached hydrogens (tertiary/aromatic N) is 3. The first-order chi connectivity index (χ1) is 13.0. The second-order valence-electron chi connectivity index (χ2n) is 6.18. The summed E-state index contributed by atoms with van der Waals surface area (Å²) in [5.74, 6) is -0.153. The van der Waals surface area contributed by atoms with Crippen molar-refractivity contribution in [2.24, 2.45) is 0 Å². The molecule has 27 heavy (non-hydrogen) atoms. The van der Waals surface area contributed by atoms with Crippen LogP contribution >= 0.6 is 23.4 Å². The Morgan fingerprint density at radius 3 is 2.85 bits per heavy atom. The molecule has 4 aromatic rings. The smallest absolute Gasteiger partial charge is 0.237 e. The van der Waals surface area contributed by atoms with Gasteiger partial charge in [0.2, 0.25) is 11.1 Å². The summed E-state index contributed by atoms with van der Waals surface area (Å²) < 4.78 is 0. The summed E-state index contributed by atoms with van der Waals surface area (Å²) >= 11 is 7.36. The van der Waals surface area contributed by atoms with E-state index in [4.69, 9.17) is 11.6 Å². The molecule has 6 nitrogen and oxygen atoms in total. The van der Waals surface area contributed by atoms with Crippen LogP contribution in [-0.2, 0) is 4.79 Å². The van der Waals surface area contributed by atoms with Crippen molar-refractivity contribution in [2.45, 2.75) is 24.3 Å². The molecule has 2 N–H and O–H groups in total. The molecule has 0 aliphatic rings. The van der Waals surface area contributed by atoms with E-state index in [0.29, 0.717) is 21.5 Å². The van der Waals surface area contributed by atoms with Gasteiger partial charge >= 0.3 is 0 Å². The summed E-state index contributed by atoms with van der Waals surface area (Å²) in [5, 5.41) is 12.9. The number of H-pyrrole nitrogens is 1. The molecule has 0 aliphatic heterocycles. The lowest BCUT2D eigenvalue weighted by molar-refractivity contribution is -0.115. The number of aromatic nitrogens is 4. The molecule has 0 saturated carbocycles. The van der Waals surface area contributed by atoms with Crippen LogP contribution in [-0.4, -0.2) is 31.3 Å². The summed E-state index contributed by atoms with van der Waals surface area (Å²) in [5.41, 5.74) is 3.96. The Bertz CT molecular complexity index is 1160. The average Bonchev–Trinajstić information content (AvgIpc) is 3.02. The quantitative estimate of drug-likeness (QED) is 0.492. The molecule has 0 bridgehead atoms. The lowest BCUT2D eigenvalue weighted by Crippen LogP contribution is -2.22. The van der Waals surface area contributed by atoms with Crippen molar-refractivity contribution in [2.75, 3.05) is 5.32 Å². The predicted molar refractivity (Wildman–Crippen MR) is 109 cm³/mol. The van der Waals surface area contributed by atoms with Crippen molar-refractivity contribution in [1.29, 1.82) is 0 Å². The van der Waals surface area contributed by atoms with Crippen molar-refractivity contribution in [3.8, 4) is 0 Å². The molecule has 0 aliphatic carbocycles. The van der Waals surface area contributed by atoms with Gasteiger partial charge < -0.3 is 10.3 Å². The monoisotopic (exact) mass is 397 g/mol. The highest BCUT2D eigenvalue weighted by atomic mass is 35.5. The summed E-state index contributed by atoms with van der Waals surface area (Å²) in [6, 6.07) is 13.3. The number of carbonyl (C=O) groups is 1. The van der Waals surface area contributed by atoms with E-state index in [1.807, 2.05) is 43.3 Å². The van der Waals surface area contributed by atoms with Crippen molar-refractivity contribution in [3.63, 3.8) is 0 Å². The second-order valence-corrected chi connectivity index (χ2v) is 7.89. The van der Waals surface area contributed by atoms with E-state index in [1.165, 1.54) is 11.8 Å². The number of carbonyl (C=O) groups excluding carboxylic acids is 1. The molecule has 8 heteroatoms. The molecule has 136 valence electrons. The van der Waals surface area contributed by atoms with Gasteiger partial charge in [0.1, 0.15) is 5.52 Å². The summed E-state index contributed by atoms with van der Waals surface area (Å²) in [7, 11) is 0. The zero-order valence-electron chi connectivity index (χ0n) is 14.7. The van der Waals surface area contributed by atoms with Crippen LogP contribution in [0.4, 0.5) is 5.69 Å². The Labute approximate surface area is 164 Å². The van der Waals surface area contributed by atoms with Gasteiger partial charge in [-0.25, -0.2) is 4.98 Å². The van der Waals surface area contributed by atoms with Crippen molar-refractivity contribution in [3.05, 3.63) is 53.1 Å². The van der Waals surface area contributed by atoms with Crippen LogP contribution in [0.15, 0.2) is 47.6 Å². The van der Waals surface area contributed by atoms with E-state index in [0.717, 1.165) is 22.0 Å². The molecule has 2 aromatic heterocycles. The minimum atomic E-state index is -0.395. The van der Waals surface area contributed by atoms with Crippen LogP contribution in [0.3, 0.4) is 0 Å². The third-order valence-electron chi connectivity index (χ3n) is 4.19. The normalized spacial score (nSPS) is 12.4. The van der Waals surface area contributed by atoms with Crippen LogP contribution in [0.1, 0.15) is 12.5 Å². The summed E-state index contributed by atoms with van der Waals surface area (Å²) in [6.07, 6.45) is 0. The Kier molecular flexibility index (Phi) is 4.72. The first-order valence-corrected chi connectivity index (χ1v) is 9.62. The van der Waals surface area contributed by atoms with Crippen LogP contribution in [0.25, 0.3) is 22.1 Å².